The number of hydrogen-bond acceptors (Lipinski definition) is 8. The van der Waals surface area contributed by atoms with Crippen LogP contribution >= 0.6 is 11.9 Å². The summed E-state index contributed by atoms with van der Waals surface area (Å²) in [6, 6.07) is 8.49. The second kappa shape index (κ2) is 10.5. The molecule has 0 saturated heterocycles. The van der Waals surface area contributed by atoms with Crippen LogP contribution in [0, 0.1) is 5.92 Å². The van der Waals surface area contributed by atoms with E-state index in [0.717, 1.165) is 17.5 Å². The molecule has 2 rings (SSSR count). The van der Waals surface area contributed by atoms with Crippen molar-refractivity contribution >= 4 is 33.6 Å². The van der Waals surface area contributed by atoms with Crippen LogP contribution in [0.5, 0.6) is 0 Å². The Hall–Kier alpha value is -1.75. The number of nitrogens with one attached hydrogen (secondary N) is 1. The SMILES string of the molecule is CNSC(=O)N(CCCCOC)C(=O)C1C(N=S(=O)=O)C1c1ccccc1. The van der Waals surface area contributed by atoms with E-state index in [2.05, 4.69) is 9.08 Å². The Bertz CT molecular complexity index is 777. The average molecular weight is 414 g/mol. The predicted octanol–water partition coefficient (Wildman–Crippen LogP) is 2.07. The summed E-state index contributed by atoms with van der Waals surface area (Å²) < 4.78 is 33.5. The van der Waals surface area contributed by atoms with Crippen LogP contribution in [0.1, 0.15) is 24.3 Å². The number of nitrogens with zero attached hydrogens (tertiary/aromatic N) is 2. The van der Waals surface area contributed by atoms with Crippen molar-refractivity contribution in [1.82, 2.24) is 9.62 Å². The van der Waals surface area contributed by atoms with Crippen LogP contribution in [0.15, 0.2) is 34.7 Å². The molecule has 0 aliphatic heterocycles. The fourth-order valence-corrected chi connectivity index (χ4v) is 3.96. The minimum Gasteiger partial charge on any atom is -0.385 e. The van der Waals surface area contributed by atoms with E-state index in [4.69, 9.17) is 4.74 Å². The molecule has 0 aromatic heterocycles. The molecule has 0 spiro atoms. The molecule has 27 heavy (non-hydrogen) atoms. The first-order valence-corrected chi connectivity index (χ1v) is 10.4. The minimum absolute atomic E-state index is 0.251. The highest BCUT2D eigenvalue weighted by atomic mass is 32.2. The first-order chi connectivity index (χ1) is 13.0. The molecule has 1 fully saturated rings. The normalized spacial score (nSPS) is 20.7. The molecule has 0 radical (unpaired) electrons. The van der Waals surface area contributed by atoms with Crippen LogP contribution < -0.4 is 4.72 Å². The Labute approximate surface area is 164 Å². The van der Waals surface area contributed by atoms with Gasteiger partial charge in [-0.1, -0.05) is 30.3 Å². The quantitative estimate of drug-likeness (QED) is 0.488. The summed E-state index contributed by atoms with van der Waals surface area (Å²) in [7, 11) is 0.573. The smallest absolute Gasteiger partial charge is 0.311 e. The Morgan fingerprint density at radius 1 is 1.26 bits per heavy atom. The Kier molecular flexibility index (Phi) is 8.42. The van der Waals surface area contributed by atoms with E-state index >= 15 is 0 Å². The molecule has 1 aromatic rings. The zero-order valence-electron chi connectivity index (χ0n) is 15.2. The second-order valence-electron chi connectivity index (χ2n) is 6.04. The minimum atomic E-state index is -2.62. The highest BCUT2D eigenvalue weighted by Crippen LogP contribution is 2.51. The number of amides is 2. The average Bonchev–Trinajstić information content (AvgIpc) is 3.35. The van der Waals surface area contributed by atoms with Gasteiger partial charge >= 0.3 is 15.7 Å². The summed E-state index contributed by atoms with van der Waals surface area (Å²) in [5.41, 5.74) is 0.836. The van der Waals surface area contributed by atoms with Gasteiger partial charge in [0.1, 0.15) is 0 Å². The van der Waals surface area contributed by atoms with Gasteiger partial charge in [0.15, 0.2) is 0 Å². The molecule has 3 atom stereocenters. The zero-order chi connectivity index (χ0) is 19.8. The lowest BCUT2D eigenvalue weighted by atomic mass is 10.1. The summed E-state index contributed by atoms with van der Waals surface area (Å²) in [5, 5.41) is -0.416. The van der Waals surface area contributed by atoms with Crippen LogP contribution in [0.2, 0.25) is 0 Å². The highest BCUT2D eigenvalue weighted by Gasteiger charge is 2.58. The summed E-state index contributed by atoms with van der Waals surface area (Å²) in [4.78, 5) is 26.6. The molecule has 2 amide bonds. The first kappa shape index (κ1) is 21.5. The summed E-state index contributed by atoms with van der Waals surface area (Å²) >= 11 is 0.821. The number of carbonyl (C=O) groups is 2. The van der Waals surface area contributed by atoms with Crippen LogP contribution in [-0.4, -0.2) is 57.8 Å². The first-order valence-electron chi connectivity index (χ1n) is 8.54. The van der Waals surface area contributed by atoms with Gasteiger partial charge in [-0.25, -0.2) is 0 Å². The monoisotopic (exact) mass is 413 g/mol. The van der Waals surface area contributed by atoms with Crippen molar-refractivity contribution in [3.8, 4) is 0 Å². The van der Waals surface area contributed by atoms with Gasteiger partial charge in [0.2, 0.25) is 5.91 Å². The van der Waals surface area contributed by atoms with E-state index in [9.17, 15) is 18.0 Å². The van der Waals surface area contributed by atoms with Gasteiger partial charge in [0, 0.05) is 38.1 Å². The molecule has 1 aromatic carbocycles. The molecule has 0 bridgehead atoms. The van der Waals surface area contributed by atoms with Gasteiger partial charge in [-0.15, -0.1) is 0 Å². The molecular formula is C17H23N3O5S2. The van der Waals surface area contributed by atoms with Gasteiger partial charge < -0.3 is 4.74 Å². The van der Waals surface area contributed by atoms with E-state index in [1.165, 1.54) is 4.90 Å². The van der Waals surface area contributed by atoms with E-state index in [0.29, 0.717) is 19.4 Å². The Morgan fingerprint density at radius 3 is 2.56 bits per heavy atom. The molecule has 0 heterocycles. The maximum Gasteiger partial charge on any atom is 0.311 e. The van der Waals surface area contributed by atoms with Crippen LogP contribution in [0.25, 0.3) is 0 Å². The molecule has 1 N–H and O–H groups in total. The predicted molar refractivity (Wildman–Crippen MR) is 103 cm³/mol. The van der Waals surface area contributed by atoms with Crippen molar-refractivity contribution in [1.29, 1.82) is 0 Å². The number of unbranched alkanes of at least 4 members (excludes halogenated alkanes) is 1. The van der Waals surface area contributed by atoms with Gasteiger partial charge in [-0.2, -0.15) is 12.8 Å². The van der Waals surface area contributed by atoms with Crippen LogP contribution in [0.3, 0.4) is 0 Å². The van der Waals surface area contributed by atoms with Crippen LogP contribution in [0.4, 0.5) is 4.79 Å². The van der Waals surface area contributed by atoms with Gasteiger partial charge in [0.05, 0.1) is 12.0 Å². The molecule has 8 nitrogen and oxygen atoms in total. The third-order valence-electron chi connectivity index (χ3n) is 4.32. The van der Waals surface area contributed by atoms with Gasteiger partial charge in [-0.3, -0.25) is 19.2 Å². The van der Waals surface area contributed by atoms with Crippen molar-refractivity contribution in [2.45, 2.75) is 24.8 Å². The molecular weight excluding hydrogens is 390 g/mol. The summed E-state index contributed by atoms with van der Waals surface area (Å²) in [6.07, 6.45) is 1.32. The topological polar surface area (TPSA) is 105 Å². The molecule has 148 valence electrons. The largest absolute Gasteiger partial charge is 0.385 e. The Balaban J connectivity index is 2.20. The van der Waals surface area contributed by atoms with Crippen LogP contribution in [-0.2, 0) is 20.0 Å². The molecule has 1 aliphatic carbocycles. The van der Waals surface area contributed by atoms with Crippen molar-refractivity contribution in [2.75, 3.05) is 27.3 Å². The van der Waals surface area contributed by atoms with E-state index in [-0.39, 0.29) is 12.5 Å². The number of rotatable bonds is 9. The number of carbonyl (C=O) groups excluding carboxylic acids is 2. The van der Waals surface area contributed by atoms with E-state index < -0.39 is 33.6 Å². The number of imide groups is 1. The lowest BCUT2D eigenvalue weighted by molar-refractivity contribution is -0.129. The molecule has 1 aliphatic rings. The van der Waals surface area contributed by atoms with E-state index in [1.54, 1.807) is 14.2 Å². The maximum absolute atomic E-state index is 13.0. The van der Waals surface area contributed by atoms with Crippen molar-refractivity contribution in [3.63, 3.8) is 0 Å². The third kappa shape index (κ3) is 5.86. The van der Waals surface area contributed by atoms with Crippen molar-refractivity contribution in [3.05, 3.63) is 35.9 Å². The number of benzene rings is 1. The number of hydrogen-bond donors (Lipinski definition) is 1. The lowest BCUT2D eigenvalue weighted by Crippen LogP contribution is -2.38. The molecule has 10 heteroatoms. The number of methoxy groups -OCH3 is 1. The standard InChI is InChI=1S/C17H23N3O5S2/c1-18-26-17(22)20(10-6-7-11-25-2)16(21)14-13(15(14)19-27(23)24)12-8-4-3-5-9-12/h3-5,8-9,13-15,18H,6-7,10-11H2,1-2H3. The number of ether oxygens (including phenoxy) is 1. The van der Waals surface area contributed by atoms with Crippen molar-refractivity contribution in [2.24, 2.45) is 10.3 Å². The molecule has 1 saturated carbocycles. The van der Waals surface area contributed by atoms with E-state index in [1.807, 2.05) is 30.3 Å². The fraction of sp³-hybridized carbons (Fsp3) is 0.529. The summed E-state index contributed by atoms with van der Waals surface area (Å²) in [5.74, 6) is -1.40. The second-order valence-corrected chi connectivity index (χ2v) is 7.64. The zero-order valence-corrected chi connectivity index (χ0v) is 16.8. The van der Waals surface area contributed by atoms with Gasteiger partial charge in [-0.05, 0) is 25.5 Å². The Morgan fingerprint density at radius 2 is 1.96 bits per heavy atom. The van der Waals surface area contributed by atoms with Gasteiger partial charge in [0.25, 0.3) is 0 Å². The third-order valence-corrected chi connectivity index (χ3v) is 5.33. The maximum atomic E-state index is 13.0. The molecule has 3 unspecified atom stereocenters. The highest BCUT2D eigenvalue weighted by molar-refractivity contribution is 8.11. The summed E-state index contributed by atoms with van der Waals surface area (Å²) in [6.45, 7) is 0.791. The van der Waals surface area contributed by atoms with Crippen molar-refractivity contribution < 1.29 is 22.7 Å². The lowest BCUT2D eigenvalue weighted by Gasteiger charge is -2.20. The fourth-order valence-electron chi connectivity index (χ4n) is 3.04.